The van der Waals surface area contributed by atoms with Crippen LogP contribution in [0.25, 0.3) is 0 Å². The number of amides is 1. The third-order valence-corrected chi connectivity index (χ3v) is 3.46. The first-order chi connectivity index (χ1) is 10.9. The van der Waals surface area contributed by atoms with Gasteiger partial charge in [-0.2, -0.15) is 5.10 Å². The van der Waals surface area contributed by atoms with Gasteiger partial charge in [-0.05, 0) is 12.8 Å². The van der Waals surface area contributed by atoms with Crippen molar-refractivity contribution in [3.8, 4) is 0 Å². The summed E-state index contributed by atoms with van der Waals surface area (Å²) in [5.74, 6) is -10.2. The molecule has 1 aromatic heterocycles. The normalized spacial score (nSPS) is 14.1. The highest BCUT2D eigenvalue weighted by Crippen LogP contribution is 2.30. The second-order valence-electron chi connectivity index (χ2n) is 5.21. The quantitative estimate of drug-likeness (QED) is 0.532. The maximum absolute atomic E-state index is 13.6. The number of anilines is 1. The Morgan fingerprint density at radius 3 is 2.22 bits per heavy atom. The maximum Gasteiger partial charge on any atom is 0.228 e. The first-order valence-electron chi connectivity index (χ1n) is 6.73. The maximum atomic E-state index is 13.6. The Bertz CT molecular complexity index is 756. The first kappa shape index (κ1) is 15.4. The molecule has 0 saturated heterocycles. The van der Waals surface area contributed by atoms with Crippen molar-refractivity contribution < 1.29 is 26.7 Å². The summed E-state index contributed by atoms with van der Waals surface area (Å²) < 4.78 is 67.4. The Labute approximate surface area is 126 Å². The zero-order valence-electron chi connectivity index (χ0n) is 11.5. The zero-order valence-corrected chi connectivity index (χ0v) is 11.5. The van der Waals surface area contributed by atoms with E-state index in [1.807, 2.05) is 0 Å². The molecule has 0 spiro atoms. The molecular weight excluding hydrogens is 321 g/mol. The zero-order chi connectivity index (χ0) is 16.7. The predicted octanol–water partition coefficient (Wildman–Crippen LogP) is 2.98. The number of rotatable bonds is 4. The van der Waals surface area contributed by atoms with Gasteiger partial charge in [-0.1, -0.05) is 0 Å². The Kier molecular flexibility index (Phi) is 3.78. The van der Waals surface area contributed by atoms with Crippen LogP contribution in [0.4, 0.5) is 27.8 Å². The Morgan fingerprint density at radius 2 is 1.65 bits per heavy atom. The molecule has 0 bridgehead atoms. The number of benzene rings is 1. The summed E-state index contributed by atoms with van der Waals surface area (Å²) >= 11 is 0. The van der Waals surface area contributed by atoms with Gasteiger partial charge in [-0.3, -0.25) is 9.48 Å². The molecule has 2 aromatic rings. The van der Waals surface area contributed by atoms with E-state index in [4.69, 9.17) is 0 Å². The summed E-state index contributed by atoms with van der Waals surface area (Å²) in [6, 6.07) is 1.37. The van der Waals surface area contributed by atoms with E-state index in [9.17, 15) is 26.7 Å². The number of carbonyl (C=O) groups excluding carboxylic acids is 1. The summed E-state index contributed by atoms with van der Waals surface area (Å²) in [6.45, 7) is -0.662. The monoisotopic (exact) mass is 331 g/mol. The molecule has 1 aromatic carbocycles. The third-order valence-electron chi connectivity index (χ3n) is 3.46. The van der Waals surface area contributed by atoms with Gasteiger partial charge in [0.1, 0.15) is 0 Å². The van der Waals surface area contributed by atoms with Crippen molar-refractivity contribution in [2.45, 2.75) is 19.4 Å². The van der Waals surface area contributed by atoms with Gasteiger partial charge < -0.3 is 5.32 Å². The van der Waals surface area contributed by atoms with Crippen molar-refractivity contribution in [1.82, 2.24) is 9.78 Å². The summed E-state index contributed by atoms with van der Waals surface area (Å²) in [4.78, 5) is 11.6. The van der Waals surface area contributed by atoms with E-state index in [1.54, 1.807) is 0 Å². The molecule has 4 nitrogen and oxygen atoms in total. The Hall–Kier alpha value is -2.45. The van der Waals surface area contributed by atoms with E-state index in [0.29, 0.717) is 0 Å². The lowest BCUT2D eigenvalue weighted by Crippen LogP contribution is -2.15. The number of halogens is 5. The molecule has 1 N–H and O–H groups in total. The van der Waals surface area contributed by atoms with Crippen LogP contribution in [0.3, 0.4) is 0 Å². The molecular formula is C14H10F5N3O. The lowest BCUT2D eigenvalue weighted by atomic mass is 10.1. The predicted molar refractivity (Wildman–Crippen MR) is 68.9 cm³/mol. The third kappa shape index (κ3) is 2.90. The van der Waals surface area contributed by atoms with E-state index < -0.39 is 41.2 Å². The average Bonchev–Trinajstić information content (AvgIpc) is 3.30. The second-order valence-corrected chi connectivity index (χ2v) is 5.21. The molecule has 0 atom stereocenters. The molecule has 0 radical (unpaired) electrons. The minimum absolute atomic E-state index is 0.0599. The van der Waals surface area contributed by atoms with E-state index in [1.165, 1.54) is 12.3 Å². The van der Waals surface area contributed by atoms with Gasteiger partial charge in [-0.25, -0.2) is 22.0 Å². The highest BCUT2D eigenvalue weighted by molar-refractivity contribution is 5.93. The van der Waals surface area contributed by atoms with Crippen LogP contribution in [0.15, 0.2) is 12.3 Å². The molecule has 9 heteroatoms. The standard InChI is InChI=1S/C14H10F5N3O/c15-9-7(10(16)12(18)13(19)11(9)17)5-22-4-3-8(21-22)20-14(23)6-1-2-6/h3-4,6H,1-2,5H2,(H,20,21,23). The highest BCUT2D eigenvalue weighted by atomic mass is 19.2. The second kappa shape index (κ2) is 5.64. The molecule has 1 aliphatic rings. The number of carbonyl (C=O) groups is 1. The van der Waals surface area contributed by atoms with Crippen molar-refractivity contribution in [2.24, 2.45) is 5.92 Å². The van der Waals surface area contributed by atoms with Crippen LogP contribution >= 0.6 is 0 Å². The minimum atomic E-state index is -2.21. The van der Waals surface area contributed by atoms with Crippen LogP contribution in [0.2, 0.25) is 0 Å². The fraction of sp³-hybridized carbons (Fsp3) is 0.286. The van der Waals surface area contributed by atoms with Crippen molar-refractivity contribution in [1.29, 1.82) is 0 Å². The number of hydrogen-bond donors (Lipinski definition) is 1. The molecule has 0 unspecified atom stereocenters. The Balaban J connectivity index is 1.82. The van der Waals surface area contributed by atoms with Crippen molar-refractivity contribution in [2.75, 3.05) is 5.32 Å². The number of hydrogen-bond acceptors (Lipinski definition) is 2. The van der Waals surface area contributed by atoms with E-state index >= 15 is 0 Å². The minimum Gasteiger partial charge on any atom is -0.309 e. The summed E-state index contributed by atoms with van der Waals surface area (Å²) in [6.07, 6.45) is 2.84. The molecule has 1 aliphatic carbocycles. The van der Waals surface area contributed by atoms with Gasteiger partial charge in [0.15, 0.2) is 29.1 Å². The number of nitrogens with zero attached hydrogens (tertiary/aromatic N) is 2. The van der Waals surface area contributed by atoms with Gasteiger partial charge in [0.25, 0.3) is 0 Å². The molecule has 23 heavy (non-hydrogen) atoms. The van der Waals surface area contributed by atoms with Crippen molar-refractivity contribution in [3.05, 3.63) is 46.9 Å². The number of aromatic nitrogens is 2. The lowest BCUT2D eigenvalue weighted by Gasteiger charge is -2.08. The van der Waals surface area contributed by atoms with E-state index in [-0.39, 0.29) is 17.6 Å². The van der Waals surface area contributed by atoms with Crippen LogP contribution in [-0.4, -0.2) is 15.7 Å². The SMILES string of the molecule is O=C(Nc1ccn(Cc2c(F)c(F)c(F)c(F)c2F)n1)C1CC1. The largest absolute Gasteiger partial charge is 0.309 e. The van der Waals surface area contributed by atoms with Gasteiger partial charge >= 0.3 is 0 Å². The van der Waals surface area contributed by atoms with Crippen molar-refractivity contribution in [3.63, 3.8) is 0 Å². The van der Waals surface area contributed by atoms with Gasteiger partial charge in [0, 0.05) is 18.2 Å². The average molecular weight is 331 g/mol. The first-order valence-corrected chi connectivity index (χ1v) is 6.73. The van der Waals surface area contributed by atoms with Gasteiger partial charge in [-0.15, -0.1) is 0 Å². The fourth-order valence-electron chi connectivity index (χ4n) is 2.04. The van der Waals surface area contributed by atoms with Gasteiger partial charge in [0.05, 0.1) is 12.1 Å². The van der Waals surface area contributed by atoms with E-state index in [2.05, 4.69) is 10.4 Å². The smallest absolute Gasteiger partial charge is 0.228 e. The van der Waals surface area contributed by atoms with Gasteiger partial charge in [0.2, 0.25) is 11.7 Å². The molecule has 1 heterocycles. The van der Waals surface area contributed by atoms with Crippen LogP contribution < -0.4 is 5.32 Å². The summed E-state index contributed by atoms with van der Waals surface area (Å²) in [7, 11) is 0. The van der Waals surface area contributed by atoms with Crippen LogP contribution in [0, 0.1) is 35.0 Å². The fourth-order valence-corrected chi connectivity index (χ4v) is 2.04. The van der Waals surface area contributed by atoms with Crippen LogP contribution in [0.1, 0.15) is 18.4 Å². The number of nitrogens with one attached hydrogen (secondary N) is 1. The van der Waals surface area contributed by atoms with Crippen LogP contribution in [0.5, 0.6) is 0 Å². The topological polar surface area (TPSA) is 46.9 Å². The molecule has 122 valence electrons. The molecule has 1 fully saturated rings. The molecule has 1 saturated carbocycles. The molecule has 1 amide bonds. The lowest BCUT2D eigenvalue weighted by molar-refractivity contribution is -0.117. The molecule has 3 rings (SSSR count). The van der Waals surface area contributed by atoms with Crippen LogP contribution in [-0.2, 0) is 11.3 Å². The summed E-state index contributed by atoms with van der Waals surface area (Å²) in [5, 5.41) is 6.34. The van der Waals surface area contributed by atoms with Crippen molar-refractivity contribution >= 4 is 11.7 Å². The summed E-state index contributed by atoms with van der Waals surface area (Å²) in [5.41, 5.74) is -0.996. The highest BCUT2D eigenvalue weighted by Gasteiger charge is 2.30. The molecule has 0 aliphatic heterocycles. The Morgan fingerprint density at radius 1 is 1.09 bits per heavy atom. The van der Waals surface area contributed by atoms with E-state index in [0.717, 1.165) is 17.5 Å².